The van der Waals surface area contributed by atoms with E-state index in [1.54, 1.807) is 0 Å². The van der Waals surface area contributed by atoms with Crippen molar-refractivity contribution in [1.29, 1.82) is 0 Å². The van der Waals surface area contributed by atoms with Crippen LogP contribution in [0.2, 0.25) is 0 Å². The molecule has 0 radical (unpaired) electrons. The highest BCUT2D eigenvalue weighted by molar-refractivity contribution is 5.81. The molecule has 0 bridgehead atoms. The van der Waals surface area contributed by atoms with E-state index in [0.29, 0.717) is 6.54 Å². The van der Waals surface area contributed by atoms with Gasteiger partial charge >= 0.3 is 0 Å². The molecule has 1 aromatic rings. The van der Waals surface area contributed by atoms with Gasteiger partial charge in [0.05, 0.1) is 0 Å². The molecule has 2 rings (SSSR count). The van der Waals surface area contributed by atoms with Crippen molar-refractivity contribution in [3.63, 3.8) is 0 Å². The second kappa shape index (κ2) is 4.45. The van der Waals surface area contributed by atoms with Gasteiger partial charge in [0.2, 0.25) is 5.91 Å². The van der Waals surface area contributed by atoms with Gasteiger partial charge in [0.1, 0.15) is 6.73 Å². The Bertz CT molecular complexity index is 337. The highest BCUT2D eigenvalue weighted by atomic mass is 16.3. The first-order chi connectivity index (χ1) is 7.31. The summed E-state index contributed by atoms with van der Waals surface area (Å²) in [4.78, 5) is 13.2. The van der Waals surface area contributed by atoms with Crippen molar-refractivity contribution < 1.29 is 9.90 Å². The monoisotopic (exact) mass is 205 g/mol. The van der Waals surface area contributed by atoms with Crippen LogP contribution in [-0.2, 0) is 11.2 Å². The van der Waals surface area contributed by atoms with Crippen LogP contribution in [0.5, 0.6) is 0 Å². The summed E-state index contributed by atoms with van der Waals surface area (Å²) in [6, 6.07) is 10.0. The highest BCUT2D eigenvalue weighted by Crippen LogP contribution is 2.21. The number of aliphatic hydroxyl groups excluding tert-OH is 1. The summed E-state index contributed by atoms with van der Waals surface area (Å²) in [5.41, 5.74) is 1.19. The van der Waals surface area contributed by atoms with E-state index in [0.717, 1.165) is 12.8 Å². The van der Waals surface area contributed by atoms with E-state index in [2.05, 4.69) is 0 Å². The number of hydrogen-bond donors (Lipinski definition) is 1. The second-order valence-corrected chi connectivity index (χ2v) is 3.92. The smallest absolute Gasteiger partial charge is 0.227 e. The van der Waals surface area contributed by atoms with E-state index in [1.165, 1.54) is 10.5 Å². The highest BCUT2D eigenvalue weighted by Gasteiger charge is 2.30. The molecule has 1 unspecified atom stereocenters. The van der Waals surface area contributed by atoms with Gasteiger partial charge < -0.3 is 10.0 Å². The maximum atomic E-state index is 11.7. The van der Waals surface area contributed by atoms with Crippen LogP contribution in [0.25, 0.3) is 0 Å². The van der Waals surface area contributed by atoms with Crippen LogP contribution in [0, 0.1) is 5.92 Å². The first kappa shape index (κ1) is 10.2. The Morgan fingerprint density at radius 3 is 2.67 bits per heavy atom. The minimum atomic E-state index is -0.149. The zero-order valence-electron chi connectivity index (χ0n) is 8.60. The Hall–Kier alpha value is -1.35. The molecule has 80 valence electrons. The lowest BCUT2D eigenvalue weighted by Gasteiger charge is -2.12. The molecule has 0 aliphatic carbocycles. The number of carbonyl (C=O) groups excluding carboxylic acids is 1. The third-order valence-corrected chi connectivity index (χ3v) is 2.90. The second-order valence-electron chi connectivity index (χ2n) is 3.92. The molecule has 1 amide bonds. The molecular weight excluding hydrogens is 190 g/mol. The lowest BCUT2D eigenvalue weighted by Crippen LogP contribution is -2.28. The number of amides is 1. The molecule has 0 aromatic heterocycles. The van der Waals surface area contributed by atoms with Crippen LogP contribution in [0.15, 0.2) is 30.3 Å². The van der Waals surface area contributed by atoms with Gasteiger partial charge in [0.25, 0.3) is 0 Å². The van der Waals surface area contributed by atoms with E-state index in [1.807, 2.05) is 30.3 Å². The molecule has 0 spiro atoms. The van der Waals surface area contributed by atoms with Gasteiger partial charge in [-0.1, -0.05) is 30.3 Å². The Labute approximate surface area is 89.3 Å². The summed E-state index contributed by atoms with van der Waals surface area (Å²) in [5.74, 6) is 0.140. The Morgan fingerprint density at radius 1 is 1.33 bits per heavy atom. The van der Waals surface area contributed by atoms with Crippen LogP contribution in [0.4, 0.5) is 0 Å². The van der Waals surface area contributed by atoms with Crippen molar-refractivity contribution in [3.8, 4) is 0 Å². The molecule has 1 atom stereocenters. The molecule has 15 heavy (non-hydrogen) atoms. The number of hydrogen-bond acceptors (Lipinski definition) is 2. The SMILES string of the molecule is O=C1C(Cc2ccccc2)CCN1CO. The van der Waals surface area contributed by atoms with Crippen LogP contribution in [-0.4, -0.2) is 29.2 Å². The fourth-order valence-electron chi connectivity index (χ4n) is 2.03. The normalized spacial score (nSPS) is 21.0. The number of aliphatic hydroxyl groups is 1. The first-order valence-electron chi connectivity index (χ1n) is 5.25. The summed E-state index contributed by atoms with van der Waals surface area (Å²) in [6.45, 7) is 0.539. The van der Waals surface area contributed by atoms with Crippen LogP contribution >= 0.6 is 0 Å². The predicted molar refractivity (Wildman–Crippen MR) is 57.1 cm³/mol. The van der Waals surface area contributed by atoms with Gasteiger partial charge in [-0.2, -0.15) is 0 Å². The van der Waals surface area contributed by atoms with Crippen LogP contribution in [0.1, 0.15) is 12.0 Å². The zero-order chi connectivity index (χ0) is 10.7. The minimum Gasteiger partial charge on any atom is -0.376 e. The van der Waals surface area contributed by atoms with Crippen molar-refractivity contribution in [2.75, 3.05) is 13.3 Å². The van der Waals surface area contributed by atoms with Gasteiger partial charge in [-0.3, -0.25) is 4.79 Å². The summed E-state index contributed by atoms with van der Waals surface area (Å²) >= 11 is 0. The van der Waals surface area contributed by atoms with Gasteiger partial charge in [0, 0.05) is 12.5 Å². The van der Waals surface area contributed by atoms with Crippen molar-refractivity contribution in [2.45, 2.75) is 12.8 Å². The van der Waals surface area contributed by atoms with Gasteiger partial charge in [-0.25, -0.2) is 0 Å². The summed E-state index contributed by atoms with van der Waals surface area (Å²) in [7, 11) is 0. The zero-order valence-corrected chi connectivity index (χ0v) is 8.60. The predicted octanol–water partition coefficient (Wildman–Crippen LogP) is 1.03. The quantitative estimate of drug-likeness (QED) is 0.800. The number of rotatable bonds is 3. The molecule has 1 heterocycles. The molecule has 1 aromatic carbocycles. The molecule has 1 saturated heterocycles. The third kappa shape index (κ3) is 2.18. The van der Waals surface area contributed by atoms with Gasteiger partial charge in [-0.05, 0) is 18.4 Å². The Balaban J connectivity index is 2.00. The van der Waals surface area contributed by atoms with Gasteiger partial charge in [-0.15, -0.1) is 0 Å². The molecule has 1 fully saturated rings. The molecule has 3 heteroatoms. The maximum Gasteiger partial charge on any atom is 0.227 e. The van der Waals surface area contributed by atoms with E-state index in [4.69, 9.17) is 5.11 Å². The number of carbonyl (C=O) groups is 1. The van der Waals surface area contributed by atoms with Crippen molar-refractivity contribution >= 4 is 5.91 Å². The van der Waals surface area contributed by atoms with E-state index < -0.39 is 0 Å². The van der Waals surface area contributed by atoms with E-state index >= 15 is 0 Å². The van der Waals surface area contributed by atoms with Crippen molar-refractivity contribution in [3.05, 3.63) is 35.9 Å². The molecule has 1 aliphatic heterocycles. The van der Waals surface area contributed by atoms with Crippen molar-refractivity contribution in [1.82, 2.24) is 4.90 Å². The average Bonchev–Trinajstić information content (AvgIpc) is 2.62. The number of nitrogens with zero attached hydrogens (tertiary/aromatic N) is 1. The lowest BCUT2D eigenvalue weighted by atomic mass is 9.98. The van der Waals surface area contributed by atoms with Gasteiger partial charge in [0.15, 0.2) is 0 Å². The fourth-order valence-corrected chi connectivity index (χ4v) is 2.03. The summed E-state index contributed by atoms with van der Waals surface area (Å²) < 4.78 is 0. The minimum absolute atomic E-state index is 0.0551. The molecule has 1 aliphatic rings. The van der Waals surface area contributed by atoms with E-state index in [-0.39, 0.29) is 18.6 Å². The van der Waals surface area contributed by atoms with Crippen LogP contribution in [0.3, 0.4) is 0 Å². The molecule has 3 nitrogen and oxygen atoms in total. The molecule has 1 N–H and O–H groups in total. The number of likely N-dealkylation sites (tertiary alicyclic amines) is 1. The summed E-state index contributed by atoms with van der Waals surface area (Å²) in [5, 5.41) is 8.93. The summed E-state index contributed by atoms with van der Waals surface area (Å²) in [6.07, 6.45) is 1.64. The third-order valence-electron chi connectivity index (χ3n) is 2.90. The molecule has 0 saturated carbocycles. The molecular formula is C12H15NO2. The van der Waals surface area contributed by atoms with E-state index in [9.17, 15) is 4.79 Å². The topological polar surface area (TPSA) is 40.5 Å². The number of benzene rings is 1. The average molecular weight is 205 g/mol. The largest absolute Gasteiger partial charge is 0.376 e. The van der Waals surface area contributed by atoms with Crippen molar-refractivity contribution in [2.24, 2.45) is 5.92 Å². The Morgan fingerprint density at radius 2 is 2.07 bits per heavy atom. The Kier molecular flexibility index (Phi) is 3.02. The maximum absolute atomic E-state index is 11.7. The fraction of sp³-hybridized carbons (Fsp3) is 0.417. The van der Waals surface area contributed by atoms with Crippen LogP contribution < -0.4 is 0 Å². The lowest BCUT2D eigenvalue weighted by molar-refractivity contribution is -0.133. The standard InChI is InChI=1S/C12H15NO2/c14-9-13-7-6-11(12(13)15)8-10-4-2-1-3-5-10/h1-5,11,14H,6-9H2. The first-order valence-corrected chi connectivity index (χ1v) is 5.25.